The van der Waals surface area contributed by atoms with Crippen molar-refractivity contribution in [1.29, 1.82) is 0 Å². The number of Topliss-reactive ketones (excluding diaryl/α,β-unsaturated/α-hetero) is 1. The number of carbonyl (C=O) groups is 1. The molecule has 2 aromatic carbocycles. The molecule has 0 fully saturated rings. The first kappa shape index (κ1) is 20.9. The number of carbonyl (C=O) groups excluding carboxylic acids is 1. The van der Waals surface area contributed by atoms with Crippen LogP contribution in [0.2, 0.25) is 0 Å². The first-order valence-corrected chi connectivity index (χ1v) is 10.0. The van der Waals surface area contributed by atoms with E-state index in [1.165, 1.54) is 24.9 Å². The lowest BCUT2D eigenvalue weighted by molar-refractivity contribution is 0.102. The highest BCUT2D eigenvalue weighted by Gasteiger charge is 2.20. The van der Waals surface area contributed by atoms with Gasteiger partial charge in [-0.25, -0.2) is 4.39 Å². The maximum absolute atomic E-state index is 14.2. The molecule has 0 N–H and O–H groups in total. The van der Waals surface area contributed by atoms with Gasteiger partial charge in [-0.1, -0.05) is 23.9 Å². The third kappa shape index (κ3) is 4.42. The lowest BCUT2D eigenvalue weighted by Crippen LogP contribution is -2.08. The molecule has 1 aromatic heterocycles. The minimum Gasteiger partial charge on any atom is -0.493 e. The molecule has 0 bridgehead atoms. The molecular formula is C21H22FN3O3S. The van der Waals surface area contributed by atoms with Gasteiger partial charge in [-0.3, -0.25) is 9.36 Å². The molecule has 0 aliphatic carbocycles. The van der Waals surface area contributed by atoms with Gasteiger partial charge in [0.25, 0.3) is 0 Å². The van der Waals surface area contributed by atoms with Gasteiger partial charge in [-0.15, -0.1) is 10.2 Å². The molecule has 8 heteroatoms. The molecule has 0 spiro atoms. The Bertz CT molecular complexity index is 1020. The number of methoxy groups -OCH3 is 2. The van der Waals surface area contributed by atoms with E-state index in [-0.39, 0.29) is 23.4 Å². The molecule has 1 heterocycles. The van der Waals surface area contributed by atoms with Gasteiger partial charge in [-0.2, -0.15) is 0 Å². The second kappa shape index (κ2) is 9.09. The van der Waals surface area contributed by atoms with E-state index >= 15 is 0 Å². The number of thioether (sulfide) groups is 1. The standard InChI is InChI=1S/C21H22FN3O3S/c1-13(2)25-20(15-7-5-6-8-16(15)22)23-24-21(25)29-12-17(26)14-9-10-18(27-3)19(11-14)28-4/h5-11,13H,12H2,1-4H3. The number of ketones is 1. The Morgan fingerprint density at radius 2 is 1.83 bits per heavy atom. The highest BCUT2D eigenvalue weighted by Crippen LogP contribution is 2.31. The molecule has 6 nitrogen and oxygen atoms in total. The summed E-state index contributed by atoms with van der Waals surface area (Å²) < 4.78 is 26.5. The van der Waals surface area contributed by atoms with Crippen LogP contribution in [0.25, 0.3) is 11.4 Å². The van der Waals surface area contributed by atoms with Crippen molar-refractivity contribution in [2.24, 2.45) is 0 Å². The second-order valence-electron chi connectivity index (χ2n) is 6.53. The third-order valence-electron chi connectivity index (χ3n) is 4.33. The lowest BCUT2D eigenvalue weighted by atomic mass is 10.1. The minimum absolute atomic E-state index is 0.00158. The van der Waals surface area contributed by atoms with E-state index < -0.39 is 0 Å². The van der Waals surface area contributed by atoms with Crippen LogP contribution in [0.15, 0.2) is 47.6 Å². The topological polar surface area (TPSA) is 66.2 Å². The van der Waals surface area contributed by atoms with Crippen LogP contribution in [0, 0.1) is 5.82 Å². The Kier molecular flexibility index (Phi) is 6.53. The van der Waals surface area contributed by atoms with Crippen molar-refractivity contribution in [2.75, 3.05) is 20.0 Å². The first-order chi connectivity index (χ1) is 14.0. The molecular weight excluding hydrogens is 393 g/mol. The number of rotatable bonds is 8. The van der Waals surface area contributed by atoms with Gasteiger partial charge < -0.3 is 9.47 Å². The van der Waals surface area contributed by atoms with Crippen molar-refractivity contribution in [3.8, 4) is 22.9 Å². The summed E-state index contributed by atoms with van der Waals surface area (Å²) in [5, 5.41) is 8.93. The molecule has 3 rings (SSSR count). The summed E-state index contributed by atoms with van der Waals surface area (Å²) >= 11 is 1.27. The van der Waals surface area contributed by atoms with Crippen LogP contribution in [0.3, 0.4) is 0 Å². The van der Waals surface area contributed by atoms with Gasteiger partial charge in [0.1, 0.15) is 5.82 Å². The molecule has 3 aromatic rings. The zero-order chi connectivity index (χ0) is 21.0. The van der Waals surface area contributed by atoms with Crippen molar-refractivity contribution >= 4 is 17.5 Å². The molecule has 0 atom stereocenters. The molecule has 0 saturated carbocycles. The summed E-state index contributed by atoms with van der Waals surface area (Å²) in [7, 11) is 3.07. The predicted molar refractivity (Wildman–Crippen MR) is 110 cm³/mol. The minimum atomic E-state index is -0.361. The Morgan fingerprint density at radius 1 is 1.10 bits per heavy atom. The number of benzene rings is 2. The van der Waals surface area contributed by atoms with Gasteiger partial charge in [-0.05, 0) is 44.2 Å². The molecule has 0 radical (unpaired) electrons. The summed E-state index contributed by atoms with van der Waals surface area (Å²) in [6, 6.07) is 11.5. The van der Waals surface area contributed by atoms with Gasteiger partial charge in [0, 0.05) is 11.6 Å². The van der Waals surface area contributed by atoms with Crippen molar-refractivity contribution in [2.45, 2.75) is 25.0 Å². The van der Waals surface area contributed by atoms with Gasteiger partial charge in [0.2, 0.25) is 0 Å². The van der Waals surface area contributed by atoms with Crippen molar-refractivity contribution in [1.82, 2.24) is 14.8 Å². The summed E-state index contributed by atoms with van der Waals surface area (Å²) in [6.07, 6.45) is 0. The van der Waals surface area contributed by atoms with Crippen LogP contribution in [0.1, 0.15) is 30.2 Å². The Balaban J connectivity index is 1.82. The fourth-order valence-corrected chi connectivity index (χ4v) is 3.85. The van der Waals surface area contributed by atoms with Crippen LogP contribution < -0.4 is 9.47 Å². The smallest absolute Gasteiger partial charge is 0.192 e. The zero-order valence-corrected chi connectivity index (χ0v) is 17.5. The first-order valence-electron chi connectivity index (χ1n) is 9.04. The lowest BCUT2D eigenvalue weighted by Gasteiger charge is -2.14. The second-order valence-corrected chi connectivity index (χ2v) is 7.47. The van der Waals surface area contributed by atoms with E-state index in [4.69, 9.17) is 9.47 Å². The van der Waals surface area contributed by atoms with Crippen LogP contribution in [-0.2, 0) is 0 Å². The fraction of sp³-hybridized carbons (Fsp3) is 0.286. The normalized spacial score (nSPS) is 11.0. The molecule has 152 valence electrons. The summed E-state index contributed by atoms with van der Waals surface area (Å²) in [4.78, 5) is 12.7. The number of halogens is 1. The summed E-state index contributed by atoms with van der Waals surface area (Å²) in [5.41, 5.74) is 0.895. The molecule has 0 aliphatic heterocycles. The molecule has 0 amide bonds. The average molecular weight is 415 g/mol. The average Bonchev–Trinajstić information content (AvgIpc) is 3.15. The van der Waals surface area contributed by atoms with E-state index in [2.05, 4.69) is 10.2 Å². The molecule has 0 aliphatic rings. The van der Waals surface area contributed by atoms with Gasteiger partial charge in [0.05, 0.1) is 25.5 Å². The van der Waals surface area contributed by atoms with E-state index in [1.807, 2.05) is 18.4 Å². The van der Waals surface area contributed by atoms with E-state index in [0.29, 0.717) is 33.6 Å². The Morgan fingerprint density at radius 3 is 2.48 bits per heavy atom. The van der Waals surface area contributed by atoms with E-state index in [1.54, 1.807) is 43.5 Å². The Hall–Kier alpha value is -2.87. The van der Waals surface area contributed by atoms with E-state index in [9.17, 15) is 9.18 Å². The quantitative estimate of drug-likeness (QED) is 0.394. The van der Waals surface area contributed by atoms with E-state index in [0.717, 1.165) is 0 Å². The third-order valence-corrected chi connectivity index (χ3v) is 5.28. The van der Waals surface area contributed by atoms with Gasteiger partial charge >= 0.3 is 0 Å². The molecule has 0 saturated heterocycles. The van der Waals surface area contributed by atoms with Crippen LogP contribution in [0.5, 0.6) is 11.5 Å². The Labute approximate surface area is 173 Å². The predicted octanol–water partition coefficient (Wildman–Crippen LogP) is 4.66. The number of hydrogen-bond donors (Lipinski definition) is 0. The highest BCUT2D eigenvalue weighted by molar-refractivity contribution is 7.99. The van der Waals surface area contributed by atoms with Gasteiger partial charge in [0.15, 0.2) is 28.3 Å². The van der Waals surface area contributed by atoms with Crippen LogP contribution in [-0.4, -0.2) is 40.5 Å². The van der Waals surface area contributed by atoms with Crippen molar-refractivity contribution in [3.63, 3.8) is 0 Å². The zero-order valence-electron chi connectivity index (χ0n) is 16.7. The monoisotopic (exact) mass is 415 g/mol. The molecule has 29 heavy (non-hydrogen) atoms. The fourth-order valence-electron chi connectivity index (χ4n) is 2.89. The number of ether oxygens (including phenoxy) is 2. The van der Waals surface area contributed by atoms with Crippen molar-refractivity contribution in [3.05, 3.63) is 53.8 Å². The summed E-state index contributed by atoms with van der Waals surface area (Å²) in [5.74, 6) is 1.22. The SMILES string of the molecule is COc1ccc(C(=O)CSc2nnc(-c3ccccc3F)n2C(C)C)cc1OC. The number of aromatic nitrogens is 3. The molecule has 0 unspecified atom stereocenters. The van der Waals surface area contributed by atoms with Crippen LogP contribution >= 0.6 is 11.8 Å². The number of hydrogen-bond acceptors (Lipinski definition) is 6. The maximum atomic E-state index is 14.2. The van der Waals surface area contributed by atoms with Crippen LogP contribution in [0.4, 0.5) is 4.39 Å². The maximum Gasteiger partial charge on any atom is 0.192 e. The largest absolute Gasteiger partial charge is 0.493 e. The highest BCUT2D eigenvalue weighted by atomic mass is 32.2. The number of nitrogens with zero attached hydrogens (tertiary/aromatic N) is 3. The summed E-state index contributed by atoms with van der Waals surface area (Å²) in [6.45, 7) is 3.93. The van der Waals surface area contributed by atoms with Crippen molar-refractivity contribution < 1.29 is 18.7 Å².